The van der Waals surface area contributed by atoms with Gasteiger partial charge >= 0.3 is 0 Å². The van der Waals surface area contributed by atoms with Crippen LogP contribution in [0.3, 0.4) is 0 Å². The number of para-hydroxylation sites is 1. The van der Waals surface area contributed by atoms with Gasteiger partial charge in [0.05, 0.1) is 11.7 Å². The first-order valence-electron chi connectivity index (χ1n) is 7.56. The minimum absolute atomic E-state index is 0.103. The third kappa shape index (κ3) is 2.19. The Kier molecular flexibility index (Phi) is 2.99. The van der Waals surface area contributed by atoms with Gasteiger partial charge in [-0.2, -0.15) is 0 Å². The van der Waals surface area contributed by atoms with E-state index >= 15 is 0 Å². The Bertz CT molecular complexity index is 813. The molecule has 1 atom stereocenters. The van der Waals surface area contributed by atoms with Gasteiger partial charge in [-0.05, 0) is 25.0 Å². The maximum Gasteiger partial charge on any atom is 0.261 e. The normalized spacial score (nSPS) is 21.8. The smallest absolute Gasteiger partial charge is 0.261 e. The largest absolute Gasteiger partial charge is 0.339 e. The molecule has 1 aromatic heterocycles. The molecule has 0 bridgehead atoms. The lowest BCUT2D eigenvalue weighted by Crippen LogP contribution is -2.29. The molecule has 1 amide bonds. The summed E-state index contributed by atoms with van der Waals surface area (Å²) in [6.07, 6.45) is 4.05. The zero-order valence-electron chi connectivity index (χ0n) is 12.0. The summed E-state index contributed by atoms with van der Waals surface area (Å²) in [5.74, 6) is -0.184. The van der Waals surface area contributed by atoms with Gasteiger partial charge in [0.15, 0.2) is 0 Å². The number of benzene rings is 1. The number of rotatable bonds is 3. The van der Waals surface area contributed by atoms with E-state index in [1.54, 1.807) is 6.07 Å². The van der Waals surface area contributed by atoms with Gasteiger partial charge in [-0.15, -0.1) is 0 Å². The average molecular weight is 301 g/mol. The Balaban J connectivity index is 1.61. The van der Waals surface area contributed by atoms with Crippen LogP contribution in [0.5, 0.6) is 0 Å². The molecule has 2 aromatic rings. The number of carbonyl (C=O) groups excluding carboxylic acids is 1. The SMILES string of the molecule is O=C1CC(Cn2cnc3c(F)cccc3c2=O)CN1C1CC1. The number of amides is 1. The standard InChI is InChI=1S/C16H16FN3O2/c17-13-3-1-2-12-15(13)18-9-19(16(12)22)7-10-6-14(21)20(8-10)11-4-5-11/h1-3,9-11H,4-8H2. The predicted octanol–water partition coefficient (Wildman–Crippen LogP) is 1.55. The van der Waals surface area contributed by atoms with Gasteiger partial charge in [-0.1, -0.05) is 6.07 Å². The molecule has 0 N–H and O–H groups in total. The summed E-state index contributed by atoms with van der Waals surface area (Å²) in [6.45, 7) is 1.16. The van der Waals surface area contributed by atoms with E-state index in [0.717, 1.165) is 12.8 Å². The maximum atomic E-state index is 13.6. The van der Waals surface area contributed by atoms with E-state index in [1.807, 2.05) is 4.90 Å². The summed E-state index contributed by atoms with van der Waals surface area (Å²) < 4.78 is 15.1. The Morgan fingerprint density at radius 3 is 2.86 bits per heavy atom. The highest BCUT2D eigenvalue weighted by atomic mass is 19.1. The lowest BCUT2D eigenvalue weighted by molar-refractivity contribution is -0.128. The highest BCUT2D eigenvalue weighted by molar-refractivity contribution is 5.79. The van der Waals surface area contributed by atoms with E-state index in [4.69, 9.17) is 0 Å². The van der Waals surface area contributed by atoms with E-state index in [2.05, 4.69) is 4.98 Å². The second-order valence-electron chi connectivity index (χ2n) is 6.19. The molecule has 114 valence electrons. The van der Waals surface area contributed by atoms with Gasteiger partial charge in [0.1, 0.15) is 11.3 Å². The molecule has 2 heterocycles. The second kappa shape index (κ2) is 4.90. The maximum absolute atomic E-state index is 13.6. The van der Waals surface area contributed by atoms with Gasteiger partial charge in [0.2, 0.25) is 5.91 Å². The van der Waals surface area contributed by atoms with Crippen molar-refractivity contribution in [1.29, 1.82) is 0 Å². The minimum atomic E-state index is -0.488. The molecule has 1 unspecified atom stereocenters. The summed E-state index contributed by atoms with van der Waals surface area (Å²) >= 11 is 0. The van der Waals surface area contributed by atoms with E-state index in [1.165, 1.54) is 23.0 Å². The van der Waals surface area contributed by atoms with Crippen LogP contribution in [-0.2, 0) is 11.3 Å². The molecular weight excluding hydrogens is 285 g/mol. The first kappa shape index (κ1) is 13.4. The van der Waals surface area contributed by atoms with Crippen molar-refractivity contribution in [2.24, 2.45) is 5.92 Å². The fourth-order valence-electron chi connectivity index (χ4n) is 3.23. The van der Waals surface area contributed by atoms with E-state index in [0.29, 0.717) is 25.6 Å². The summed E-state index contributed by atoms with van der Waals surface area (Å²) in [5.41, 5.74) is -0.146. The zero-order chi connectivity index (χ0) is 15.3. The third-order valence-corrected chi connectivity index (χ3v) is 4.49. The van der Waals surface area contributed by atoms with Crippen LogP contribution in [0.1, 0.15) is 19.3 Å². The quantitative estimate of drug-likeness (QED) is 0.864. The average Bonchev–Trinajstić information content (AvgIpc) is 3.27. The fraction of sp³-hybridized carbons (Fsp3) is 0.438. The first-order chi connectivity index (χ1) is 10.6. The predicted molar refractivity (Wildman–Crippen MR) is 78.8 cm³/mol. The van der Waals surface area contributed by atoms with Crippen LogP contribution in [0.25, 0.3) is 10.9 Å². The van der Waals surface area contributed by atoms with Crippen LogP contribution in [0.15, 0.2) is 29.3 Å². The van der Waals surface area contributed by atoms with Crippen molar-refractivity contribution < 1.29 is 9.18 Å². The molecule has 22 heavy (non-hydrogen) atoms. The van der Waals surface area contributed by atoms with Crippen molar-refractivity contribution in [3.63, 3.8) is 0 Å². The van der Waals surface area contributed by atoms with Gasteiger partial charge in [0, 0.05) is 31.5 Å². The lowest BCUT2D eigenvalue weighted by atomic mass is 10.1. The van der Waals surface area contributed by atoms with E-state index in [-0.39, 0.29) is 28.3 Å². The van der Waals surface area contributed by atoms with Crippen molar-refractivity contribution in [3.8, 4) is 0 Å². The summed E-state index contributed by atoms with van der Waals surface area (Å²) in [6, 6.07) is 4.81. The van der Waals surface area contributed by atoms with Crippen molar-refractivity contribution in [2.75, 3.05) is 6.54 Å². The Hall–Kier alpha value is -2.24. The second-order valence-corrected chi connectivity index (χ2v) is 6.19. The number of likely N-dealkylation sites (tertiary alicyclic amines) is 1. The van der Waals surface area contributed by atoms with Gasteiger partial charge in [-0.25, -0.2) is 9.37 Å². The van der Waals surface area contributed by atoms with Gasteiger partial charge in [-0.3, -0.25) is 14.2 Å². The highest BCUT2D eigenvalue weighted by Gasteiger charge is 2.39. The van der Waals surface area contributed by atoms with Crippen LogP contribution in [-0.4, -0.2) is 32.9 Å². The molecule has 1 saturated carbocycles. The molecule has 2 aliphatic rings. The minimum Gasteiger partial charge on any atom is -0.339 e. The van der Waals surface area contributed by atoms with Crippen molar-refractivity contribution in [2.45, 2.75) is 31.8 Å². The Morgan fingerprint density at radius 1 is 1.27 bits per heavy atom. The highest BCUT2D eigenvalue weighted by Crippen LogP contribution is 2.32. The number of aromatic nitrogens is 2. The number of carbonyl (C=O) groups is 1. The fourth-order valence-corrected chi connectivity index (χ4v) is 3.23. The molecule has 1 aliphatic heterocycles. The molecule has 6 heteroatoms. The van der Waals surface area contributed by atoms with Gasteiger partial charge in [0.25, 0.3) is 5.56 Å². The molecule has 1 aromatic carbocycles. The van der Waals surface area contributed by atoms with Crippen molar-refractivity contribution in [1.82, 2.24) is 14.5 Å². The van der Waals surface area contributed by atoms with Crippen molar-refractivity contribution in [3.05, 3.63) is 40.7 Å². The topological polar surface area (TPSA) is 55.2 Å². The molecule has 1 aliphatic carbocycles. The van der Waals surface area contributed by atoms with Crippen LogP contribution in [0.2, 0.25) is 0 Å². The molecule has 2 fully saturated rings. The van der Waals surface area contributed by atoms with Crippen LogP contribution < -0.4 is 5.56 Å². The zero-order valence-corrected chi connectivity index (χ0v) is 12.0. The molecule has 0 radical (unpaired) electrons. The molecule has 4 rings (SSSR count). The summed E-state index contributed by atoms with van der Waals surface area (Å²) in [5, 5.41) is 0.283. The Labute approximate surface area is 126 Å². The number of nitrogens with zero attached hydrogens (tertiary/aromatic N) is 3. The van der Waals surface area contributed by atoms with Crippen LogP contribution in [0, 0.1) is 11.7 Å². The van der Waals surface area contributed by atoms with E-state index in [9.17, 15) is 14.0 Å². The molecule has 0 spiro atoms. The number of hydrogen-bond acceptors (Lipinski definition) is 3. The first-order valence-corrected chi connectivity index (χ1v) is 7.56. The van der Waals surface area contributed by atoms with Crippen LogP contribution >= 0.6 is 0 Å². The molecule has 1 saturated heterocycles. The monoisotopic (exact) mass is 301 g/mol. The number of fused-ring (bicyclic) bond motifs is 1. The number of hydrogen-bond donors (Lipinski definition) is 0. The van der Waals surface area contributed by atoms with Crippen molar-refractivity contribution >= 4 is 16.8 Å². The van der Waals surface area contributed by atoms with Gasteiger partial charge < -0.3 is 4.90 Å². The molecule has 5 nitrogen and oxygen atoms in total. The number of halogens is 1. The van der Waals surface area contributed by atoms with Crippen LogP contribution in [0.4, 0.5) is 4.39 Å². The molecular formula is C16H16FN3O2. The summed E-state index contributed by atoms with van der Waals surface area (Å²) in [7, 11) is 0. The Morgan fingerprint density at radius 2 is 2.09 bits per heavy atom. The van der Waals surface area contributed by atoms with E-state index < -0.39 is 5.82 Å². The third-order valence-electron chi connectivity index (χ3n) is 4.49. The summed E-state index contributed by atoms with van der Waals surface area (Å²) in [4.78, 5) is 30.4. The lowest BCUT2D eigenvalue weighted by Gasteiger charge is -2.16.